The number of carbonyl (C=O) groups excluding carboxylic acids is 2. The highest BCUT2D eigenvalue weighted by molar-refractivity contribution is 6.35. The summed E-state index contributed by atoms with van der Waals surface area (Å²) in [7, 11) is 0. The lowest BCUT2D eigenvalue weighted by molar-refractivity contribution is -0.139. The maximum atomic E-state index is 11.5. The number of hydrogen-bond donors (Lipinski definition) is 2. The van der Waals surface area contributed by atoms with Crippen LogP contribution in [0.3, 0.4) is 0 Å². The van der Waals surface area contributed by atoms with Crippen LogP contribution in [0.1, 0.15) is 39.2 Å². The molecule has 0 aliphatic heterocycles. The van der Waals surface area contributed by atoms with Crippen LogP contribution >= 0.6 is 11.6 Å². The number of hydrogen-bond acceptors (Lipinski definition) is 4. The lowest BCUT2D eigenvalue weighted by atomic mass is 10.2. The van der Waals surface area contributed by atoms with Crippen LogP contribution in [-0.2, 0) is 9.59 Å². The Bertz CT molecular complexity index is 576. The average molecular weight is 340 g/mol. The number of benzene rings is 1. The Morgan fingerprint density at radius 1 is 1.35 bits per heavy atom. The van der Waals surface area contributed by atoms with Crippen molar-refractivity contribution in [3.05, 3.63) is 28.8 Å². The lowest BCUT2D eigenvalue weighted by Gasteiger charge is -2.09. The molecule has 2 N–H and O–H groups in total. The number of hydrazone groups is 1. The Morgan fingerprint density at radius 3 is 2.70 bits per heavy atom. The van der Waals surface area contributed by atoms with Gasteiger partial charge >= 0.3 is 11.8 Å². The molecule has 23 heavy (non-hydrogen) atoms. The van der Waals surface area contributed by atoms with Crippen molar-refractivity contribution in [2.45, 2.75) is 39.7 Å². The van der Waals surface area contributed by atoms with Crippen LogP contribution < -0.4 is 15.5 Å². The van der Waals surface area contributed by atoms with Gasteiger partial charge in [0, 0.05) is 6.04 Å². The van der Waals surface area contributed by atoms with E-state index in [0.717, 1.165) is 12.8 Å². The van der Waals surface area contributed by atoms with Gasteiger partial charge in [-0.05, 0) is 43.5 Å². The van der Waals surface area contributed by atoms with E-state index in [0.29, 0.717) is 22.9 Å². The van der Waals surface area contributed by atoms with Crippen molar-refractivity contribution in [2.24, 2.45) is 5.10 Å². The molecule has 1 atom stereocenters. The molecule has 0 aliphatic carbocycles. The molecule has 0 radical (unpaired) electrons. The Morgan fingerprint density at radius 2 is 2.09 bits per heavy atom. The van der Waals surface area contributed by atoms with E-state index in [9.17, 15) is 9.59 Å². The number of nitrogens with zero attached hydrogens (tertiary/aromatic N) is 1. The minimum absolute atomic E-state index is 0.0632. The van der Waals surface area contributed by atoms with Crippen molar-refractivity contribution in [1.82, 2.24) is 10.7 Å². The first-order valence-electron chi connectivity index (χ1n) is 7.54. The smallest absolute Gasteiger partial charge is 0.329 e. The normalized spacial score (nSPS) is 12.0. The molecule has 6 nitrogen and oxygen atoms in total. The maximum absolute atomic E-state index is 11.5. The molecule has 0 saturated carbocycles. The summed E-state index contributed by atoms with van der Waals surface area (Å²) in [5.41, 5.74) is 2.85. The molecule has 0 spiro atoms. The lowest BCUT2D eigenvalue weighted by Crippen LogP contribution is -2.41. The third-order valence-electron chi connectivity index (χ3n) is 2.99. The molecule has 1 aromatic rings. The fourth-order valence-electron chi connectivity index (χ4n) is 1.53. The zero-order chi connectivity index (χ0) is 17.2. The molecule has 126 valence electrons. The van der Waals surface area contributed by atoms with E-state index in [1.54, 1.807) is 18.2 Å². The van der Waals surface area contributed by atoms with Crippen molar-refractivity contribution in [3.8, 4) is 5.75 Å². The van der Waals surface area contributed by atoms with Crippen molar-refractivity contribution in [3.63, 3.8) is 0 Å². The Kier molecular flexibility index (Phi) is 8.11. The summed E-state index contributed by atoms with van der Waals surface area (Å²) >= 11 is 6.09. The molecule has 0 unspecified atom stereocenters. The highest BCUT2D eigenvalue weighted by Gasteiger charge is 2.14. The average Bonchev–Trinajstić information content (AvgIpc) is 2.53. The molecule has 1 aromatic carbocycles. The van der Waals surface area contributed by atoms with Crippen LogP contribution in [-0.4, -0.2) is 30.7 Å². The largest absolute Gasteiger partial charge is 0.492 e. The van der Waals surface area contributed by atoms with Gasteiger partial charge in [0.25, 0.3) is 0 Å². The minimum Gasteiger partial charge on any atom is -0.492 e. The predicted octanol–water partition coefficient (Wildman–Crippen LogP) is 2.49. The monoisotopic (exact) mass is 339 g/mol. The fraction of sp³-hybridized carbons (Fsp3) is 0.438. The molecule has 0 bridgehead atoms. The topological polar surface area (TPSA) is 79.8 Å². The number of halogens is 1. The van der Waals surface area contributed by atoms with Gasteiger partial charge in [-0.3, -0.25) is 9.59 Å². The van der Waals surface area contributed by atoms with E-state index >= 15 is 0 Å². The Labute approximate surface area is 141 Å². The van der Waals surface area contributed by atoms with Crippen LogP contribution in [0, 0.1) is 0 Å². The molecule has 0 aromatic heterocycles. The second-order valence-corrected chi connectivity index (χ2v) is 5.43. The fourth-order valence-corrected chi connectivity index (χ4v) is 1.78. The summed E-state index contributed by atoms with van der Waals surface area (Å²) in [4.78, 5) is 23.1. The third kappa shape index (κ3) is 6.69. The van der Waals surface area contributed by atoms with Gasteiger partial charge in [0.05, 0.1) is 17.8 Å². The van der Waals surface area contributed by atoms with E-state index in [2.05, 4.69) is 15.8 Å². The number of ether oxygens (including phenoxy) is 1. The first kappa shape index (κ1) is 19.0. The van der Waals surface area contributed by atoms with Crippen molar-refractivity contribution < 1.29 is 14.3 Å². The molecule has 7 heteroatoms. The maximum Gasteiger partial charge on any atom is 0.329 e. The van der Waals surface area contributed by atoms with E-state index in [1.807, 2.05) is 20.8 Å². The first-order valence-corrected chi connectivity index (χ1v) is 7.91. The third-order valence-corrected chi connectivity index (χ3v) is 3.29. The SMILES string of the molecule is CCCOc1ccc(/C=N\NC(=O)C(=O)N[C@@H](C)CC)cc1Cl. The van der Waals surface area contributed by atoms with Crippen molar-refractivity contribution in [2.75, 3.05) is 6.61 Å². The van der Waals surface area contributed by atoms with Gasteiger partial charge in [0.15, 0.2) is 0 Å². The number of nitrogens with one attached hydrogen (secondary N) is 2. The standard InChI is InChI=1S/C16H22ClN3O3/c1-4-8-23-14-7-6-12(9-13(14)17)10-18-20-16(22)15(21)19-11(3)5-2/h6-7,9-11H,4-5,8H2,1-3H3,(H,19,21)(H,20,22)/b18-10-/t11-/m0/s1. The van der Waals surface area contributed by atoms with Crippen LogP contribution in [0.2, 0.25) is 5.02 Å². The van der Waals surface area contributed by atoms with Crippen LogP contribution in [0.4, 0.5) is 0 Å². The zero-order valence-electron chi connectivity index (χ0n) is 13.6. The molecule has 0 aliphatic rings. The van der Waals surface area contributed by atoms with Crippen LogP contribution in [0.5, 0.6) is 5.75 Å². The summed E-state index contributed by atoms with van der Waals surface area (Å²) in [5, 5.41) is 6.76. The number of rotatable bonds is 7. The molecule has 1 rings (SSSR count). The second kappa shape index (κ2) is 9.84. The van der Waals surface area contributed by atoms with Gasteiger partial charge < -0.3 is 10.1 Å². The van der Waals surface area contributed by atoms with Gasteiger partial charge in [-0.1, -0.05) is 25.4 Å². The molecule has 0 saturated heterocycles. The van der Waals surface area contributed by atoms with Gasteiger partial charge in [-0.15, -0.1) is 0 Å². The van der Waals surface area contributed by atoms with E-state index < -0.39 is 11.8 Å². The summed E-state index contributed by atoms with van der Waals surface area (Å²) in [6, 6.07) is 5.09. The van der Waals surface area contributed by atoms with Crippen LogP contribution in [0.15, 0.2) is 23.3 Å². The number of carbonyl (C=O) groups is 2. The Hall–Kier alpha value is -2.08. The molecule has 0 heterocycles. The quantitative estimate of drug-likeness (QED) is 0.455. The van der Waals surface area contributed by atoms with Crippen LogP contribution in [0.25, 0.3) is 0 Å². The minimum atomic E-state index is -0.810. The summed E-state index contributed by atoms with van der Waals surface area (Å²) in [6.07, 6.45) is 3.04. The molecule has 2 amide bonds. The summed E-state index contributed by atoms with van der Waals surface area (Å²) < 4.78 is 5.46. The molecular weight excluding hydrogens is 318 g/mol. The second-order valence-electron chi connectivity index (χ2n) is 5.02. The van der Waals surface area contributed by atoms with Gasteiger partial charge in [0.2, 0.25) is 0 Å². The van der Waals surface area contributed by atoms with Gasteiger partial charge in [-0.25, -0.2) is 5.43 Å². The summed E-state index contributed by atoms with van der Waals surface area (Å²) in [5.74, 6) is -0.920. The molecular formula is C16H22ClN3O3. The van der Waals surface area contributed by atoms with E-state index in [-0.39, 0.29) is 6.04 Å². The zero-order valence-corrected chi connectivity index (χ0v) is 14.3. The highest BCUT2D eigenvalue weighted by Crippen LogP contribution is 2.24. The number of amides is 2. The summed E-state index contributed by atoms with van der Waals surface area (Å²) in [6.45, 7) is 6.33. The van der Waals surface area contributed by atoms with Crippen molar-refractivity contribution >= 4 is 29.6 Å². The first-order chi connectivity index (χ1) is 11.0. The highest BCUT2D eigenvalue weighted by atomic mass is 35.5. The molecule has 0 fully saturated rings. The Balaban J connectivity index is 2.56. The van der Waals surface area contributed by atoms with Gasteiger partial charge in [-0.2, -0.15) is 5.10 Å². The predicted molar refractivity (Wildman–Crippen MR) is 90.9 cm³/mol. The van der Waals surface area contributed by atoms with Gasteiger partial charge in [0.1, 0.15) is 5.75 Å². The van der Waals surface area contributed by atoms with Crippen molar-refractivity contribution in [1.29, 1.82) is 0 Å². The van der Waals surface area contributed by atoms with E-state index in [4.69, 9.17) is 16.3 Å². The van der Waals surface area contributed by atoms with E-state index in [1.165, 1.54) is 6.21 Å².